The van der Waals surface area contributed by atoms with Gasteiger partial charge in [-0.15, -0.1) is 0 Å². The van der Waals surface area contributed by atoms with E-state index in [1.165, 1.54) is 40.6 Å². The van der Waals surface area contributed by atoms with Crippen molar-refractivity contribution in [2.75, 3.05) is 32.8 Å². The molecule has 46 heavy (non-hydrogen) atoms. The van der Waals surface area contributed by atoms with E-state index in [0.717, 1.165) is 25.1 Å². The SMILES string of the molecule is COP(=O)(/C=C/C1O[C@@H](n2cc(C)c(=O)[nH]c2=O)C[C@H]1O[P@@]1O[C@H](CS(C)(c2ccccc2)c2ccccc2)[C@@H]2CCCN21)OC. The summed E-state index contributed by atoms with van der Waals surface area (Å²) in [5.74, 6) is 2.21. The van der Waals surface area contributed by atoms with Crippen LogP contribution in [0.1, 0.15) is 31.1 Å². The van der Waals surface area contributed by atoms with E-state index >= 15 is 0 Å². The zero-order valence-corrected chi connectivity index (χ0v) is 29.0. The number of H-pyrrole nitrogens is 1. The zero-order valence-electron chi connectivity index (χ0n) is 26.4. The van der Waals surface area contributed by atoms with Crippen molar-refractivity contribution >= 4 is 26.2 Å². The highest BCUT2D eigenvalue weighted by Crippen LogP contribution is 2.65. The van der Waals surface area contributed by atoms with Crippen molar-refractivity contribution in [3.8, 4) is 0 Å². The van der Waals surface area contributed by atoms with Crippen LogP contribution in [0.5, 0.6) is 0 Å². The molecule has 3 fully saturated rings. The molecule has 0 radical (unpaired) electrons. The number of rotatable bonds is 11. The molecule has 3 saturated heterocycles. The lowest BCUT2D eigenvalue weighted by Crippen LogP contribution is -2.33. The maximum absolute atomic E-state index is 12.9. The van der Waals surface area contributed by atoms with E-state index < -0.39 is 55.8 Å². The van der Waals surface area contributed by atoms with Gasteiger partial charge in [0, 0.05) is 56.6 Å². The van der Waals surface area contributed by atoms with Crippen LogP contribution in [0.15, 0.2) is 98.1 Å². The average Bonchev–Trinajstić information content (AvgIpc) is 3.80. The third-order valence-electron chi connectivity index (χ3n) is 8.92. The maximum atomic E-state index is 12.9. The van der Waals surface area contributed by atoms with Gasteiger partial charge in [0.2, 0.25) is 0 Å². The largest absolute Gasteiger partial charge is 0.353 e. The Morgan fingerprint density at radius 3 is 2.35 bits per heavy atom. The number of nitrogens with one attached hydrogen (secondary N) is 1. The first-order valence-corrected chi connectivity index (χ1v) is 20.2. The highest BCUT2D eigenvalue weighted by atomic mass is 32.3. The number of nitrogens with zero attached hydrogens (tertiary/aromatic N) is 2. The quantitative estimate of drug-likeness (QED) is 0.236. The minimum atomic E-state index is -3.49. The molecule has 4 heterocycles. The molecule has 3 aliphatic heterocycles. The van der Waals surface area contributed by atoms with Gasteiger partial charge in [-0.2, -0.15) is 10.0 Å². The van der Waals surface area contributed by atoms with E-state index in [0.29, 0.717) is 12.0 Å². The van der Waals surface area contributed by atoms with Crippen molar-refractivity contribution in [3.05, 3.63) is 105 Å². The minimum Gasteiger partial charge on any atom is -0.348 e. The van der Waals surface area contributed by atoms with E-state index in [2.05, 4.69) is 76.6 Å². The lowest BCUT2D eigenvalue weighted by atomic mass is 10.1. The summed E-state index contributed by atoms with van der Waals surface area (Å²) in [6.45, 7) is 2.50. The van der Waals surface area contributed by atoms with Crippen LogP contribution in [0.2, 0.25) is 0 Å². The molecule has 1 unspecified atom stereocenters. The van der Waals surface area contributed by atoms with Crippen molar-refractivity contribution in [3.63, 3.8) is 0 Å². The fourth-order valence-electron chi connectivity index (χ4n) is 6.34. The molecule has 0 spiro atoms. The third-order valence-corrected chi connectivity index (χ3v) is 15.9. The Morgan fingerprint density at radius 2 is 1.72 bits per heavy atom. The number of ether oxygens (including phenoxy) is 1. The van der Waals surface area contributed by atoms with Crippen LogP contribution in [-0.2, 0) is 27.4 Å². The van der Waals surface area contributed by atoms with Crippen molar-refractivity contribution in [1.82, 2.24) is 14.2 Å². The first-order valence-electron chi connectivity index (χ1n) is 15.3. The molecule has 6 rings (SSSR count). The van der Waals surface area contributed by atoms with Crippen LogP contribution < -0.4 is 11.2 Å². The van der Waals surface area contributed by atoms with Crippen molar-refractivity contribution in [1.29, 1.82) is 0 Å². The second kappa shape index (κ2) is 14.0. The van der Waals surface area contributed by atoms with Gasteiger partial charge in [0.25, 0.3) is 14.1 Å². The smallest absolute Gasteiger partial charge is 0.348 e. The summed E-state index contributed by atoms with van der Waals surface area (Å²) < 4.78 is 46.7. The van der Waals surface area contributed by atoms with E-state index in [-0.39, 0.29) is 12.1 Å². The Labute approximate surface area is 271 Å². The van der Waals surface area contributed by atoms with Gasteiger partial charge in [0.05, 0.1) is 12.2 Å². The lowest BCUT2D eigenvalue weighted by molar-refractivity contribution is 0.00705. The summed E-state index contributed by atoms with van der Waals surface area (Å²) >= 11 is 0. The predicted octanol–water partition coefficient (Wildman–Crippen LogP) is 6.16. The van der Waals surface area contributed by atoms with Crippen LogP contribution in [0.3, 0.4) is 0 Å². The third kappa shape index (κ3) is 6.79. The Bertz CT molecular complexity index is 1660. The molecule has 0 amide bonds. The molecule has 0 bridgehead atoms. The fraction of sp³-hybridized carbons (Fsp3) is 0.438. The molecular weight excluding hydrogens is 648 g/mol. The average molecular weight is 690 g/mol. The molecule has 1 aromatic heterocycles. The van der Waals surface area contributed by atoms with E-state index in [1.807, 2.05) is 0 Å². The van der Waals surface area contributed by atoms with Crippen molar-refractivity contribution in [2.24, 2.45) is 0 Å². The predicted molar refractivity (Wildman–Crippen MR) is 180 cm³/mol. The topological polar surface area (TPSA) is 121 Å². The van der Waals surface area contributed by atoms with Crippen LogP contribution in [0.4, 0.5) is 0 Å². The molecule has 3 aromatic rings. The number of hydrogen-bond donors (Lipinski definition) is 1. The first kappa shape index (κ1) is 33.5. The molecule has 248 valence electrons. The van der Waals surface area contributed by atoms with Gasteiger partial charge in [-0.05, 0) is 66.2 Å². The highest BCUT2D eigenvalue weighted by Gasteiger charge is 2.50. The maximum Gasteiger partial charge on any atom is 0.353 e. The lowest BCUT2D eigenvalue weighted by Gasteiger charge is -2.39. The number of aromatic nitrogens is 2. The van der Waals surface area contributed by atoms with E-state index in [1.54, 1.807) is 13.0 Å². The van der Waals surface area contributed by atoms with Gasteiger partial charge >= 0.3 is 13.3 Å². The molecular formula is C32H41N3O8P2S. The van der Waals surface area contributed by atoms with Gasteiger partial charge in [0.15, 0.2) is 0 Å². The molecule has 3 aliphatic rings. The number of benzene rings is 2. The van der Waals surface area contributed by atoms with Crippen LogP contribution in [0.25, 0.3) is 0 Å². The normalized spacial score (nSPS) is 27.4. The standard InChI is InChI=1S/C32H41N3O8P2S/c1-23-21-34(32(37)33-31(23)36)30-20-28(27(41-30)17-19-45(38,39-2)40-3)42-44-35-18-11-16-26(35)29(43-44)22-46(4,24-12-7-5-8-13-24)25-14-9-6-10-15-25/h5-10,12-15,17,19,21,26-30H,11,16,18,20,22H2,1-4H3,(H,33,36,37)/b19-17+/t26-,27?,28+,29+,30+,44-/m0/s1. The summed E-state index contributed by atoms with van der Waals surface area (Å²) in [6, 6.07) is 21.6. The van der Waals surface area contributed by atoms with Gasteiger partial charge in [-0.25, -0.2) is 9.46 Å². The number of aryl methyl sites for hydroxylation is 1. The van der Waals surface area contributed by atoms with Crippen molar-refractivity contribution < 1.29 is 27.4 Å². The summed E-state index contributed by atoms with van der Waals surface area (Å²) in [7, 11) is -3.74. The Kier molecular flexibility index (Phi) is 10.2. The number of hydrogen-bond acceptors (Lipinski definition) is 9. The first-order chi connectivity index (χ1) is 22.1. The molecule has 1 N–H and O–H groups in total. The number of aromatic amines is 1. The van der Waals surface area contributed by atoms with Gasteiger partial charge < -0.3 is 22.8 Å². The molecule has 0 saturated carbocycles. The molecule has 14 heteroatoms. The Balaban J connectivity index is 1.27. The number of fused-ring (bicyclic) bond motifs is 1. The minimum absolute atomic E-state index is 0.0344. The van der Waals surface area contributed by atoms with Crippen molar-refractivity contribution in [2.45, 2.75) is 66.6 Å². The fourth-order valence-corrected chi connectivity index (χ4v) is 12.3. The van der Waals surface area contributed by atoms with Gasteiger partial charge in [-0.1, -0.05) is 36.4 Å². The monoisotopic (exact) mass is 689 g/mol. The highest BCUT2D eigenvalue weighted by molar-refractivity contribution is 8.33. The summed E-state index contributed by atoms with van der Waals surface area (Å²) in [5.41, 5.74) is -0.634. The van der Waals surface area contributed by atoms with E-state index in [4.69, 9.17) is 22.8 Å². The van der Waals surface area contributed by atoms with E-state index in [9.17, 15) is 14.2 Å². The van der Waals surface area contributed by atoms with Crippen LogP contribution in [-0.4, -0.2) is 71.3 Å². The van der Waals surface area contributed by atoms with Crippen LogP contribution >= 0.6 is 26.2 Å². The Hall–Kier alpha value is -2.37. The zero-order chi connectivity index (χ0) is 32.5. The summed E-state index contributed by atoms with van der Waals surface area (Å²) in [6.07, 6.45) is 5.89. The van der Waals surface area contributed by atoms with Gasteiger partial charge in [0.1, 0.15) is 12.3 Å². The molecule has 2 aromatic carbocycles. The molecule has 6 atom stereocenters. The van der Waals surface area contributed by atoms with Crippen LogP contribution in [0, 0.1) is 6.92 Å². The second-order valence-electron chi connectivity index (χ2n) is 11.8. The Morgan fingerprint density at radius 1 is 1.07 bits per heavy atom. The molecule has 0 aliphatic carbocycles. The summed E-state index contributed by atoms with van der Waals surface area (Å²) in [4.78, 5) is 29.8. The summed E-state index contributed by atoms with van der Waals surface area (Å²) in [5, 5.41) is 0. The van der Waals surface area contributed by atoms with Gasteiger partial charge in [-0.3, -0.25) is 18.9 Å². The molecule has 11 nitrogen and oxygen atoms in total. The second-order valence-corrected chi connectivity index (χ2v) is 18.8.